The van der Waals surface area contributed by atoms with Gasteiger partial charge in [0.1, 0.15) is 5.52 Å². The van der Waals surface area contributed by atoms with Gasteiger partial charge in [0.15, 0.2) is 5.58 Å². The Morgan fingerprint density at radius 1 is 1.40 bits per heavy atom. The number of hydrogen-bond donors (Lipinski definition) is 1. The summed E-state index contributed by atoms with van der Waals surface area (Å²) < 4.78 is 11.0. The van der Waals surface area contributed by atoms with Crippen molar-refractivity contribution in [3.8, 4) is 0 Å². The van der Waals surface area contributed by atoms with Crippen LogP contribution in [0.2, 0.25) is 0 Å². The average molecular weight is 273 g/mol. The first kappa shape index (κ1) is 12.7. The van der Waals surface area contributed by atoms with Gasteiger partial charge in [-0.05, 0) is 18.2 Å². The second-order valence-corrected chi connectivity index (χ2v) is 4.47. The van der Waals surface area contributed by atoms with Crippen molar-refractivity contribution in [2.75, 3.05) is 36.5 Å². The number of amides is 1. The molecule has 1 saturated heterocycles. The number of ether oxygens (including phenoxy) is 1. The van der Waals surface area contributed by atoms with Crippen molar-refractivity contribution in [3.05, 3.63) is 30.9 Å². The highest BCUT2D eigenvalue weighted by molar-refractivity contribution is 5.99. The Hall–Kier alpha value is -2.34. The van der Waals surface area contributed by atoms with Gasteiger partial charge in [0.25, 0.3) is 6.01 Å². The first-order valence-electron chi connectivity index (χ1n) is 6.43. The number of fused-ring (bicyclic) bond motifs is 1. The standard InChI is InChI=1S/C14H15N3O3/c1-2-13(18)15-10-3-4-11-12(9-10)20-14(16-11)17-5-7-19-8-6-17/h2-4,9H,1,5-8H2,(H,15,18). The zero-order valence-corrected chi connectivity index (χ0v) is 11.0. The van der Waals surface area contributed by atoms with Crippen molar-refractivity contribution >= 4 is 28.7 Å². The monoisotopic (exact) mass is 273 g/mol. The molecule has 3 rings (SSSR count). The Kier molecular flexibility index (Phi) is 3.39. The van der Waals surface area contributed by atoms with E-state index in [0.717, 1.165) is 18.6 Å². The first-order valence-corrected chi connectivity index (χ1v) is 6.43. The van der Waals surface area contributed by atoms with E-state index in [1.165, 1.54) is 6.08 Å². The number of rotatable bonds is 3. The molecule has 0 aliphatic carbocycles. The van der Waals surface area contributed by atoms with Gasteiger partial charge in [0.2, 0.25) is 5.91 Å². The molecule has 1 aromatic heterocycles. The predicted octanol–water partition coefficient (Wildman–Crippen LogP) is 1.79. The van der Waals surface area contributed by atoms with E-state index in [1.807, 2.05) is 11.0 Å². The third-order valence-corrected chi connectivity index (χ3v) is 3.11. The Bertz CT molecular complexity index is 644. The van der Waals surface area contributed by atoms with Gasteiger partial charge in [-0.1, -0.05) is 6.58 Å². The average Bonchev–Trinajstić information content (AvgIpc) is 2.91. The normalized spacial score (nSPS) is 15.3. The minimum Gasteiger partial charge on any atom is -0.423 e. The molecule has 6 heteroatoms. The summed E-state index contributed by atoms with van der Waals surface area (Å²) in [5, 5.41) is 2.69. The van der Waals surface area contributed by atoms with E-state index < -0.39 is 0 Å². The van der Waals surface area contributed by atoms with E-state index in [2.05, 4.69) is 16.9 Å². The lowest BCUT2D eigenvalue weighted by Crippen LogP contribution is -2.36. The molecule has 1 N–H and O–H groups in total. The number of oxazole rings is 1. The van der Waals surface area contributed by atoms with Crippen LogP contribution in [0, 0.1) is 0 Å². The minimum atomic E-state index is -0.253. The van der Waals surface area contributed by atoms with Gasteiger partial charge < -0.3 is 19.4 Å². The molecule has 1 aliphatic rings. The first-order chi connectivity index (χ1) is 9.76. The van der Waals surface area contributed by atoms with E-state index in [9.17, 15) is 4.79 Å². The molecule has 0 saturated carbocycles. The van der Waals surface area contributed by atoms with Gasteiger partial charge in [0, 0.05) is 24.8 Å². The minimum absolute atomic E-state index is 0.253. The molecule has 0 bridgehead atoms. The van der Waals surface area contributed by atoms with Gasteiger partial charge in [0.05, 0.1) is 13.2 Å². The molecule has 0 radical (unpaired) electrons. The maximum atomic E-state index is 11.3. The molecule has 0 unspecified atom stereocenters. The fraction of sp³-hybridized carbons (Fsp3) is 0.286. The van der Waals surface area contributed by atoms with E-state index >= 15 is 0 Å². The molecule has 0 spiro atoms. The van der Waals surface area contributed by atoms with Crippen molar-refractivity contribution in [2.24, 2.45) is 0 Å². The summed E-state index contributed by atoms with van der Waals surface area (Å²) in [5.74, 6) is -0.253. The van der Waals surface area contributed by atoms with E-state index in [4.69, 9.17) is 9.15 Å². The lowest BCUT2D eigenvalue weighted by atomic mass is 10.3. The Morgan fingerprint density at radius 2 is 2.20 bits per heavy atom. The molecular formula is C14H15N3O3. The second-order valence-electron chi connectivity index (χ2n) is 4.47. The highest BCUT2D eigenvalue weighted by Crippen LogP contribution is 2.25. The molecule has 1 aliphatic heterocycles. The number of benzene rings is 1. The van der Waals surface area contributed by atoms with Crippen LogP contribution in [-0.4, -0.2) is 37.2 Å². The molecule has 0 atom stereocenters. The number of nitrogens with one attached hydrogen (secondary N) is 1. The number of carbonyl (C=O) groups is 1. The van der Waals surface area contributed by atoms with Crippen LogP contribution in [-0.2, 0) is 9.53 Å². The highest BCUT2D eigenvalue weighted by Gasteiger charge is 2.17. The number of morpholine rings is 1. The van der Waals surface area contributed by atoms with Crippen LogP contribution < -0.4 is 10.2 Å². The van der Waals surface area contributed by atoms with Crippen LogP contribution in [0.4, 0.5) is 11.7 Å². The number of anilines is 2. The highest BCUT2D eigenvalue weighted by atomic mass is 16.5. The number of carbonyl (C=O) groups excluding carboxylic acids is 1. The number of aromatic nitrogens is 1. The van der Waals surface area contributed by atoms with Gasteiger partial charge in [-0.2, -0.15) is 4.98 Å². The van der Waals surface area contributed by atoms with Crippen molar-refractivity contribution < 1.29 is 13.9 Å². The maximum absolute atomic E-state index is 11.3. The van der Waals surface area contributed by atoms with Crippen molar-refractivity contribution in [2.45, 2.75) is 0 Å². The zero-order chi connectivity index (χ0) is 13.9. The van der Waals surface area contributed by atoms with Crippen LogP contribution in [0.25, 0.3) is 11.1 Å². The van der Waals surface area contributed by atoms with Crippen LogP contribution in [0.1, 0.15) is 0 Å². The number of nitrogens with zero attached hydrogens (tertiary/aromatic N) is 2. The molecule has 2 aromatic rings. The summed E-state index contributed by atoms with van der Waals surface area (Å²) in [5.41, 5.74) is 2.07. The van der Waals surface area contributed by atoms with Crippen molar-refractivity contribution in [1.29, 1.82) is 0 Å². The fourth-order valence-electron chi connectivity index (χ4n) is 2.07. The summed E-state index contributed by atoms with van der Waals surface area (Å²) in [6.45, 7) is 6.32. The van der Waals surface area contributed by atoms with Crippen molar-refractivity contribution in [1.82, 2.24) is 4.98 Å². The number of hydrogen-bond acceptors (Lipinski definition) is 5. The summed E-state index contributed by atoms with van der Waals surface area (Å²) in [6.07, 6.45) is 1.23. The molecule has 1 aromatic carbocycles. The third kappa shape index (κ3) is 2.50. The maximum Gasteiger partial charge on any atom is 0.298 e. The van der Waals surface area contributed by atoms with Gasteiger partial charge >= 0.3 is 0 Å². The van der Waals surface area contributed by atoms with Crippen LogP contribution in [0.3, 0.4) is 0 Å². The summed E-state index contributed by atoms with van der Waals surface area (Å²) >= 11 is 0. The molecule has 20 heavy (non-hydrogen) atoms. The Labute approximate surface area is 116 Å². The van der Waals surface area contributed by atoms with Gasteiger partial charge in [-0.25, -0.2) is 0 Å². The van der Waals surface area contributed by atoms with Crippen LogP contribution in [0.5, 0.6) is 0 Å². The zero-order valence-electron chi connectivity index (χ0n) is 11.0. The quantitative estimate of drug-likeness (QED) is 0.863. The molecule has 1 fully saturated rings. The lowest BCUT2D eigenvalue weighted by molar-refractivity contribution is -0.111. The largest absolute Gasteiger partial charge is 0.423 e. The molecular weight excluding hydrogens is 258 g/mol. The summed E-state index contributed by atoms with van der Waals surface area (Å²) in [6, 6.07) is 5.96. The molecule has 2 heterocycles. The van der Waals surface area contributed by atoms with Gasteiger partial charge in [-0.3, -0.25) is 4.79 Å². The SMILES string of the molecule is C=CC(=O)Nc1ccc2nc(N3CCOCC3)oc2c1. The summed E-state index contributed by atoms with van der Waals surface area (Å²) in [7, 11) is 0. The Morgan fingerprint density at radius 3 is 2.95 bits per heavy atom. The predicted molar refractivity (Wildman–Crippen MR) is 75.9 cm³/mol. The van der Waals surface area contributed by atoms with E-state index in [1.54, 1.807) is 12.1 Å². The third-order valence-electron chi connectivity index (χ3n) is 3.11. The molecule has 104 valence electrons. The van der Waals surface area contributed by atoms with E-state index in [-0.39, 0.29) is 5.91 Å². The lowest BCUT2D eigenvalue weighted by Gasteiger charge is -2.24. The smallest absolute Gasteiger partial charge is 0.298 e. The van der Waals surface area contributed by atoms with Crippen LogP contribution in [0.15, 0.2) is 35.3 Å². The van der Waals surface area contributed by atoms with Crippen LogP contribution >= 0.6 is 0 Å². The second kappa shape index (κ2) is 5.34. The molecule has 6 nitrogen and oxygen atoms in total. The topological polar surface area (TPSA) is 67.6 Å². The Balaban J connectivity index is 1.86. The fourth-order valence-corrected chi connectivity index (χ4v) is 2.07. The van der Waals surface area contributed by atoms with E-state index in [0.29, 0.717) is 30.5 Å². The molecule has 1 amide bonds. The van der Waals surface area contributed by atoms with Gasteiger partial charge in [-0.15, -0.1) is 0 Å². The summed E-state index contributed by atoms with van der Waals surface area (Å²) in [4.78, 5) is 17.8. The van der Waals surface area contributed by atoms with Crippen molar-refractivity contribution in [3.63, 3.8) is 0 Å².